The highest BCUT2D eigenvalue weighted by atomic mass is 16.4. The number of carbonyl (C=O) groups is 1. The number of aliphatic carboxylic acids is 1. The lowest BCUT2D eigenvalue weighted by Crippen LogP contribution is -2.33. The maximum atomic E-state index is 10.4. The number of imidazole rings is 1. The summed E-state index contributed by atoms with van der Waals surface area (Å²) in [5.74, 6) is -0.787. The van der Waals surface area contributed by atoms with E-state index < -0.39 is 18.6 Å². The van der Waals surface area contributed by atoms with Crippen molar-refractivity contribution in [3.05, 3.63) is 12.4 Å². The van der Waals surface area contributed by atoms with Gasteiger partial charge in [-0.2, -0.15) is 0 Å². The molecule has 66 valence electrons. The molecule has 0 radical (unpaired) electrons. The standard InChI is InChI=1S/C6H9N3O3/c10-3-4(5(11)12)9-6-7-1-2-8-6/h1-2,4,10H,3H2,(H,11,12)(H2,7,8,9)/t4-/m0/s1. The second-order valence-corrected chi connectivity index (χ2v) is 2.16. The molecule has 0 amide bonds. The van der Waals surface area contributed by atoms with E-state index >= 15 is 0 Å². The van der Waals surface area contributed by atoms with Gasteiger partial charge in [-0.3, -0.25) is 0 Å². The molecule has 0 spiro atoms. The van der Waals surface area contributed by atoms with Crippen LogP contribution in [0.2, 0.25) is 0 Å². The normalized spacial score (nSPS) is 12.4. The van der Waals surface area contributed by atoms with Gasteiger partial charge in [-0.05, 0) is 0 Å². The molecular formula is C6H9N3O3. The fourth-order valence-electron chi connectivity index (χ4n) is 0.695. The lowest BCUT2D eigenvalue weighted by Gasteiger charge is -2.09. The Morgan fingerprint density at radius 3 is 3.00 bits per heavy atom. The molecule has 6 nitrogen and oxygen atoms in total. The number of nitrogens with one attached hydrogen (secondary N) is 2. The predicted octanol–water partition coefficient (Wildman–Crippen LogP) is -0.733. The molecule has 1 heterocycles. The number of H-pyrrole nitrogens is 1. The van der Waals surface area contributed by atoms with Crippen molar-refractivity contribution in [1.82, 2.24) is 9.97 Å². The van der Waals surface area contributed by atoms with E-state index in [2.05, 4.69) is 15.3 Å². The van der Waals surface area contributed by atoms with Crippen LogP contribution < -0.4 is 5.32 Å². The SMILES string of the molecule is O=C(O)[C@H](CO)Nc1ncc[nH]1. The highest BCUT2D eigenvalue weighted by molar-refractivity contribution is 5.76. The Kier molecular flexibility index (Phi) is 2.65. The maximum absolute atomic E-state index is 10.4. The van der Waals surface area contributed by atoms with Crippen molar-refractivity contribution < 1.29 is 15.0 Å². The number of rotatable bonds is 4. The first-order chi connectivity index (χ1) is 5.74. The average Bonchev–Trinajstić information content (AvgIpc) is 2.51. The van der Waals surface area contributed by atoms with Crippen LogP contribution in [0.1, 0.15) is 0 Å². The summed E-state index contributed by atoms with van der Waals surface area (Å²) < 4.78 is 0. The molecule has 0 fully saturated rings. The Balaban J connectivity index is 2.54. The number of aromatic amines is 1. The van der Waals surface area contributed by atoms with Gasteiger partial charge in [-0.25, -0.2) is 9.78 Å². The highest BCUT2D eigenvalue weighted by Gasteiger charge is 2.15. The number of aromatic nitrogens is 2. The number of nitrogens with zero attached hydrogens (tertiary/aromatic N) is 1. The summed E-state index contributed by atoms with van der Waals surface area (Å²) >= 11 is 0. The van der Waals surface area contributed by atoms with Gasteiger partial charge in [0.2, 0.25) is 5.95 Å². The second-order valence-electron chi connectivity index (χ2n) is 2.16. The van der Waals surface area contributed by atoms with Crippen LogP contribution in [0.4, 0.5) is 5.95 Å². The van der Waals surface area contributed by atoms with E-state index in [4.69, 9.17) is 10.2 Å². The summed E-state index contributed by atoms with van der Waals surface area (Å²) in [7, 11) is 0. The molecule has 0 aliphatic heterocycles. The fraction of sp³-hybridized carbons (Fsp3) is 0.333. The molecule has 1 aromatic heterocycles. The molecule has 0 aromatic carbocycles. The van der Waals surface area contributed by atoms with Gasteiger partial charge in [0.1, 0.15) is 6.04 Å². The van der Waals surface area contributed by atoms with Crippen molar-refractivity contribution in [2.45, 2.75) is 6.04 Å². The topological polar surface area (TPSA) is 98.2 Å². The first kappa shape index (κ1) is 8.54. The van der Waals surface area contributed by atoms with E-state index in [1.54, 1.807) is 6.20 Å². The van der Waals surface area contributed by atoms with Crippen molar-refractivity contribution in [3.63, 3.8) is 0 Å². The van der Waals surface area contributed by atoms with Crippen molar-refractivity contribution >= 4 is 11.9 Å². The molecular weight excluding hydrogens is 162 g/mol. The first-order valence-corrected chi connectivity index (χ1v) is 3.33. The second kappa shape index (κ2) is 3.72. The predicted molar refractivity (Wildman–Crippen MR) is 40.7 cm³/mol. The Morgan fingerprint density at radius 2 is 2.58 bits per heavy atom. The fourth-order valence-corrected chi connectivity index (χ4v) is 0.695. The lowest BCUT2D eigenvalue weighted by atomic mass is 10.3. The minimum Gasteiger partial charge on any atom is -0.480 e. The molecule has 1 atom stereocenters. The molecule has 0 aliphatic carbocycles. The number of carboxylic acids is 1. The van der Waals surface area contributed by atoms with Gasteiger partial charge < -0.3 is 20.5 Å². The smallest absolute Gasteiger partial charge is 0.328 e. The van der Waals surface area contributed by atoms with Crippen LogP contribution >= 0.6 is 0 Å². The third kappa shape index (κ3) is 1.96. The zero-order valence-electron chi connectivity index (χ0n) is 6.19. The van der Waals surface area contributed by atoms with Crippen LogP contribution in [0.3, 0.4) is 0 Å². The summed E-state index contributed by atoms with van der Waals surface area (Å²) in [4.78, 5) is 16.8. The Morgan fingerprint density at radius 1 is 1.83 bits per heavy atom. The highest BCUT2D eigenvalue weighted by Crippen LogP contribution is 1.98. The third-order valence-corrected chi connectivity index (χ3v) is 1.29. The number of anilines is 1. The number of aliphatic hydroxyl groups is 1. The monoisotopic (exact) mass is 171 g/mol. The van der Waals surface area contributed by atoms with Gasteiger partial charge in [0.15, 0.2) is 0 Å². The summed E-state index contributed by atoms with van der Waals surface area (Å²) in [5.41, 5.74) is 0. The first-order valence-electron chi connectivity index (χ1n) is 3.33. The van der Waals surface area contributed by atoms with Gasteiger partial charge in [-0.1, -0.05) is 0 Å². The summed E-state index contributed by atoms with van der Waals surface area (Å²) in [6.07, 6.45) is 3.04. The largest absolute Gasteiger partial charge is 0.480 e. The average molecular weight is 171 g/mol. The molecule has 1 aromatic rings. The molecule has 4 N–H and O–H groups in total. The van der Waals surface area contributed by atoms with Crippen molar-refractivity contribution in [3.8, 4) is 0 Å². The molecule has 1 rings (SSSR count). The van der Waals surface area contributed by atoms with Gasteiger partial charge in [-0.15, -0.1) is 0 Å². The van der Waals surface area contributed by atoms with E-state index in [1.165, 1.54) is 6.20 Å². The number of aliphatic hydroxyl groups excluding tert-OH is 1. The number of hydrogen-bond donors (Lipinski definition) is 4. The quantitative estimate of drug-likeness (QED) is 0.478. The molecule has 0 saturated carbocycles. The van der Waals surface area contributed by atoms with Crippen LogP contribution in [-0.2, 0) is 4.79 Å². The zero-order valence-corrected chi connectivity index (χ0v) is 6.19. The van der Waals surface area contributed by atoms with Gasteiger partial charge in [0.05, 0.1) is 6.61 Å². The molecule has 6 heteroatoms. The van der Waals surface area contributed by atoms with Crippen LogP contribution in [-0.4, -0.2) is 38.8 Å². The summed E-state index contributed by atoms with van der Waals surface area (Å²) in [6, 6.07) is -1.02. The van der Waals surface area contributed by atoms with E-state index in [0.29, 0.717) is 5.95 Å². The number of hydrogen-bond acceptors (Lipinski definition) is 4. The maximum Gasteiger partial charge on any atom is 0.328 e. The lowest BCUT2D eigenvalue weighted by molar-refractivity contribution is -0.138. The summed E-state index contributed by atoms with van der Waals surface area (Å²) in [5, 5.41) is 19.6. The van der Waals surface area contributed by atoms with Gasteiger partial charge in [0.25, 0.3) is 0 Å². The number of carboxylic acid groups (broad SMARTS) is 1. The Bertz CT molecular complexity index is 247. The van der Waals surface area contributed by atoms with Crippen molar-refractivity contribution in [1.29, 1.82) is 0 Å². The van der Waals surface area contributed by atoms with E-state index in [0.717, 1.165) is 0 Å². The van der Waals surface area contributed by atoms with Crippen LogP contribution in [0.25, 0.3) is 0 Å². The molecule has 12 heavy (non-hydrogen) atoms. The van der Waals surface area contributed by atoms with Crippen molar-refractivity contribution in [2.24, 2.45) is 0 Å². The van der Waals surface area contributed by atoms with Crippen molar-refractivity contribution in [2.75, 3.05) is 11.9 Å². The third-order valence-electron chi connectivity index (χ3n) is 1.29. The van der Waals surface area contributed by atoms with Gasteiger partial charge in [0, 0.05) is 12.4 Å². The van der Waals surface area contributed by atoms with E-state index in [-0.39, 0.29) is 0 Å². The Hall–Kier alpha value is -1.56. The Labute approximate surface area is 68.3 Å². The minimum atomic E-state index is -1.12. The summed E-state index contributed by atoms with van der Waals surface area (Å²) in [6.45, 7) is -0.476. The minimum absolute atomic E-state index is 0.330. The molecule has 0 unspecified atom stereocenters. The molecule has 0 aliphatic rings. The van der Waals surface area contributed by atoms with Crippen LogP contribution in [0, 0.1) is 0 Å². The molecule has 0 bridgehead atoms. The van der Waals surface area contributed by atoms with Crippen LogP contribution in [0.5, 0.6) is 0 Å². The van der Waals surface area contributed by atoms with Crippen LogP contribution in [0.15, 0.2) is 12.4 Å². The van der Waals surface area contributed by atoms with E-state index in [1.807, 2.05) is 0 Å². The van der Waals surface area contributed by atoms with Gasteiger partial charge >= 0.3 is 5.97 Å². The molecule has 0 saturated heterocycles. The zero-order chi connectivity index (χ0) is 8.97. The van der Waals surface area contributed by atoms with E-state index in [9.17, 15) is 4.79 Å².